The summed E-state index contributed by atoms with van der Waals surface area (Å²) >= 11 is 6.02. The molecule has 7 nitrogen and oxygen atoms in total. The molecule has 1 amide bonds. The number of rotatable bonds is 7. The van der Waals surface area contributed by atoms with Crippen LogP contribution >= 0.6 is 11.6 Å². The van der Waals surface area contributed by atoms with Gasteiger partial charge in [0.2, 0.25) is 5.91 Å². The van der Waals surface area contributed by atoms with E-state index in [9.17, 15) is 4.79 Å². The highest BCUT2D eigenvalue weighted by molar-refractivity contribution is 6.31. The van der Waals surface area contributed by atoms with Gasteiger partial charge in [0.05, 0.1) is 0 Å². The highest BCUT2D eigenvalue weighted by Crippen LogP contribution is 2.28. The average molecular weight is 402 g/mol. The van der Waals surface area contributed by atoms with E-state index in [1.807, 2.05) is 29.1 Å². The van der Waals surface area contributed by atoms with Crippen LogP contribution in [0.1, 0.15) is 25.7 Å². The van der Waals surface area contributed by atoms with Crippen molar-refractivity contribution in [3.8, 4) is 0 Å². The van der Waals surface area contributed by atoms with Gasteiger partial charge in [0, 0.05) is 56.1 Å². The van der Waals surface area contributed by atoms with E-state index in [-0.39, 0.29) is 5.91 Å². The number of piperidine rings is 1. The standard InChI is InChI=1S/C20H24ClN5O2/c21-16-5-6-17-18(13-16)28-20(24-17)25-9-1-4-15(14-25)12-19(27)22-7-2-10-26-11-3-8-23-26/h3,5-6,8,11,13,15H,1-2,4,7,9-10,12,14H2,(H,22,27). The molecule has 1 aliphatic rings. The Morgan fingerprint density at radius 3 is 3.18 bits per heavy atom. The van der Waals surface area contributed by atoms with E-state index < -0.39 is 0 Å². The van der Waals surface area contributed by atoms with Gasteiger partial charge in [-0.2, -0.15) is 10.1 Å². The van der Waals surface area contributed by atoms with Crippen LogP contribution in [0, 0.1) is 5.92 Å². The first-order valence-corrected chi connectivity index (χ1v) is 10.1. The van der Waals surface area contributed by atoms with Gasteiger partial charge in [0.25, 0.3) is 6.01 Å². The summed E-state index contributed by atoms with van der Waals surface area (Å²) in [4.78, 5) is 19.0. The molecular weight excluding hydrogens is 378 g/mol. The Balaban J connectivity index is 1.26. The molecule has 3 aromatic rings. The molecule has 0 spiro atoms. The summed E-state index contributed by atoms with van der Waals surface area (Å²) in [6.07, 6.45) is 7.16. The lowest BCUT2D eigenvalue weighted by atomic mass is 9.94. The monoisotopic (exact) mass is 401 g/mol. The summed E-state index contributed by atoms with van der Waals surface area (Å²) < 4.78 is 7.75. The zero-order valence-corrected chi connectivity index (χ0v) is 16.4. The lowest BCUT2D eigenvalue weighted by Gasteiger charge is -2.31. The fourth-order valence-corrected chi connectivity index (χ4v) is 3.83. The van der Waals surface area contributed by atoms with Crippen LogP contribution in [0.3, 0.4) is 0 Å². The number of hydrogen-bond acceptors (Lipinski definition) is 5. The zero-order chi connectivity index (χ0) is 19.3. The molecule has 3 heterocycles. The molecule has 0 bridgehead atoms. The van der Waals surface area contributed by atoms with Crippen LogP contribution in [0.5, 0.6) is 0 Å². The van der Waals surface area contributed by atoms with E-state index in [2.05, 4.69) is 20.3 Å². The smallest absolute Gasteiger partial charge is 0.298 e. The molecule has 4 rings (SSSR count). The molecule has 1 fully saturated rings. The van der Waals surface area contributed by atoms with Crippen molar-refractivity contribution in [2.24, 2.45) is 5.92 Å². The van der Waals surface area contributed by atoms with Crippen molar-refractivity contribution in [1.82, 2.24) is 20.1 Å². The molecule has 1 atom stereocenters. The van der Waals surface area contributed by atoms with Crippen LogP contribution in [-0.2, 0) is 11.3 Å². The maximum Gasteiger partial charge on any atom is 0.298 e. The SMILES string of the molecule is O=C(CC1CCCN(c2nc3ccc(Cl)cc3o2)C1)NCCCn1cccn1. The van der Waals surface area contributed by atoms with E-state index in [0.717, 1.165) is 44.4 Å². The molecule has 1 unspecified atom stereocenters. The van der Waals surface area contributed by atoms with Crippen molar-refractivity contribution in [3.63, 3.8) is 0 Å². The summed E-state index contributed by atoms with van der Waals surface area (Å²) in [5, 5.41) is 7.82. The van der Waals surface area contributed by atoms with Crippen molar-refractivity contribution < 1.29 is 9.21 Å². The van der Waals surface area contributed by atoms with E-state index in [1.54, 1.807) is 12.3 Å². The molecule has 1 aromatic carbocycles. The van der Waals surface area contributed by atoms with E-state index in [0.29, 0.717) is 35.5 Å². The van der Waals surface area contributed by atoms with Gasteiger partial charge in [-0.3, -0.25) is 9.48 Å². The zero-order valence-electron chi connectivity index (χ0n) is 15.7. The molecule has 1 N–H and O–H groups in total. The number of halogens is 1. The summed E-state index contributed by atoms with van der Waals surface area (Å²) in [5.41, 5.74) is 1.50. The molecule has 2 aromatic heterocycles. The Bertz CT molecular complexity index is 924. The number of amides is 1. The van der Waals surface area contributed by atoms with Crippen molar-refractivity contribution in [1.29, 1.82) is 0 Å². The third kappa shape index (κ3) is 4.65. The molecule has 8 heteroatoms. The van der Waals surface area contributed by atoms with Crippen LogP contribution in [0.2, 0.25) is 5.02 Å². The maximum absolute atomic E-state index is 12.3. The number of oxazole rings is 1. The third-order valence-corrected chi connectivity index (χ3v) is 5.28. The highest BCUT2D eigenvalue weighted by Gasteiger charge is 2.25. The predicted octanol–water partition coefficient (Wildman–Crippen LogP) is 3.49. The maximum atomic E-state index is 12.3. The average Bonchev–Trinajstić information content (AvgIpc) is 3.35. The highest BCUT2D eigenvalue weighted by atomic mass is 35.5. The largest absolute Gasteiger partial charge is 0.423 e. The number of benzene rings is 1. The number of hydrogen-bond donors (Lipinski definition) is 1. The first-order chi connectivity index (χ1) is 13.7. The molecule has 0 radical (unpaired) electrons. The van der Waals surface area contributed by atoms with Gasteiger partial charge < -0.3 is 14.6 Å². The van der Waals surface area contributed by atoms with Crippen molar-refractivity contribution >= 4 is 34.6 Å². The molecular formula is C20H24ClN5O2. The minimum absolute atomic E-state index is 0.108. The van der Waals surface area contributed by atoms with Crippen molar-refractivity contribution in [2.75, 3.05) is 24.5 Å². The van der Waals surface area contributed by atoms with E-state index in [1.165, 1.54) is 0 Å². The van der Waals surface area contributed by atoms with Crippen LogP contribution < -0.4 is 10.2 Å². The fourth-order valence-electron chi connectivity index (χ4n) is 3.66. The van der Waals surface area contributed by atoms with Gasteiger partial charge in [-0.1, -0.05) is 11.6 Å². The topological polar surface area (TPSA) is 76.2 Å². The summed E-state index contributed by atoms with van der Waals surface area (Å²) in [6.45, 7) is 3.15. The summed E-state index contributed by atoms with van der Waals surface area (Å²) in [6, 6.07) is 7.97. The molecule has 0 saturated carbocycles. The molecule has 1 saturated heterocycles. The second-order valence-electron chi connectivity index (χ2n) is 7.24. The summed E-state index contributed by atoms with van der Waals surface area (Å²) in [5.74, 6) is 0.412. The van der Waals surface area contributed by atoms with Crippen molar-refractivity contribution in [3.05, 3.63) is 41.7 Å². The van der Waals surface area contributed by atoms with Gasteiger partial charge in [-0.15, -0.1) is 0 Å². The number of nitrogens with zero attached hydrogens (tertiary/aromatic N) is 4. The van der Waals surface area contributed by atoms with Gasteiger partial charge in [-0.05, 0) is 43.4 Å². The normalized spacial score (nSPS) is 17.2. The lowest BCUT2D eigenvalue weighted by molar-refractivity contribution is -0.122. The molecule has 0 aliphatic carbocycles. The van der Waals surface area contributed by atoms with Crippen LogP contribution in [0.15, 0.2) is 41.1 Å². The Morgan fingerprint density at radius 1 is 1.39 bits per heavy atom. The Labute approximate surface area is 168 Å². The minimum Gasteiger partial charge on any atom is -0.423 e. The fraction of sp³-hybridized carbons (Fsp3) is 0.450. The number of aryl methyl sites for hydroxylation is 1. The van der Waals surface area contributed by atoms with Gasteiger partial charge in [0.1, 0.15) is 5.52 Å². The van der Waals surface area contributed by atoms with Gasteiger partial charge >= 0.3 is 0 Å². The Hall–Kier alpha value is -2.54. The first-order valence-electron chi connectivity index (χ1n) is 9.72. The number of aromatic nitrogens is 3. The van der Waals surface area contributed by atoms with Crippen LogP contribution in [0.4, 0.5) is 6.01 Å². The molecule has 148 valence electrons. The molecule has 28 heavy (non-hydrogen) atoms. The number of fused-ring (bicyclic) bond motifs is 1. The number of carbonyl (C=O) groups excluding carboxylic acids is 1. The van der Waals surface area contributed by atoms with Gasteiger partial charge in [-0.25, -0.2) is 0 Å². The minimum atomic E-state index is 0.108. The van der Waals surface area contributed by atoms with Crippen LogP contribution in [0.25, 0.3) is 11.1 Å². The predicted molar refractivity (Wildman–Crippen MR) is 108 cm³/mol. The third-order valence-electron chi connectivity index (χ3n) is 5.05. The van der Waals surface area contributed by atoms with Gasteiger partial charge in [0.15, 0.2) is 5.58 Å². The number of nitrogens with one attached hydrogen (secondary N) is 1. The second kappa shape index (κ2) is 8.65. The first kappa shape index (κ1) is 18.8. The lowest BCUT2D eigenvalue weighted by Crippen LogP contribution is -2.38. The van der Waals surface area contributed by atoms with E-state index >= 15 is 0 Å². The number of anilines is 1. The second-order valence-corrected chi connectivity index (χ2v) is 7.68. The molecule has 1 aliphatic heterocycles. The van der Waals surface area contributed by atoms with Crippen LogP contribution in [-0.4, -0.2) is 40.3 Å². The number of carbonyl (C=O) groups is 1. The summed E-state index contributed by atoms with van der Waals surface area (Å²) in [7, 11) is 0. The van der Waals surface area contributed by atoms with E-state index in [4.69, 9.17) is 16.0 Å². The quantitative estimate of drug-likeness (QED) is 0.613. The van der Waals surface area contributed by atoms with Crippen molar-refractivity contribution in [2.45, 2.75) is 32.2 Å². The Kier molecular flexibility index (Phi) is 5.81. The Morgan fingerprint density at radius 2 is 2.32 bits per heavy atom.